The Labute approximate surface area is 96.5 Å². The van der Waals surface area contributed by atoms with Gasteiger partial charge in [0.25, 0.3) is 0 Å². The van der Waals surface area contributed by atoms with E-state index in [0.717, 1.165) is 0 Å². The number of aliphatic hydroxyl groups excluding tert-OH is 3. The van der Waals surface area contributed by atoms with Crippen LogP contribution in [-0.4, -0.2) is 40.1 Å². The summed E-state index contributed by atoms with van der Waals surface area (Å²) >= 11 is 0. The van der Waals surface area contributed by atoms with Crippen molar-refractivity contribution in [2.45, 2.75) is 25.9 Å². The second kappa shape index (κ2) is 12.1. The second-order valence-corrected chi connectivity index (χ2v) is 3.25. The first kappa shape index (κ1) is 17.5. The molecule has 0 aliphatic heterocycles. The molecule has 0 spiro atoms. The van der Waals surface area contributed by atoms with Gasteiger partial charge in [0.2, 0.25) is 0 Å². The highest BCUT2D eigenvalue weighted by Gasteiger charge is 1.93. The molecule has 0 unspecified atom stereocenters. The summed E-state index contributed by atoms with van der Waals surface area (Å²) < 4.78 is 0. The molecule has 4 nitrogen and oxygen atoms in total. The maximum absolute atomic E-state index is 8.17. The molecule has 1 aromatic rings. The Morgan fingerprint density at radius 2 is 1.56 bits per heavy atom. The van der Waals surface area contributed by atoms with Crippen molar-refractivity contribution in [2.75, 3.05) is 13.2 Å². The van der Waals surface area contributed by atoms with Crippen molar-refractivity contribution >= 4 is 0 Å². The van der Waals surface area contributed by atoms with Crippen molar-refractivity contribution in [1.29, 1.82) is 0 Å². The number of benzene rings is 1. The quantitative estimate of drug-likeness (QED) is 0.687. The molecular weight excluding hydrogens is 208 g/mol. The van der Waals surface area contributed by atoms with E-state index in [0.29, 0.717) is 0 Å². The lowest BCUT2D eigenvalue weighted by Gasteiger charge is -1.96. The zero-order valence-electron chi connectivity index (χ0n) is 9.63. The van der Waals surface area contributed by atoms with Crippen LogP contribution < -0.4 is 0 Å². The molecule has 0 aliphatic rings. The molecule has 0 aromatic heterocycles. The Morgan fingerprint density at radius 3 is 1.88 bits per heavy atom. The predicted octanol–water partition coefficient (Wildman–Crippen LogP) is 0.146. The average molecular weight is 230 g/mol. The lowest BCUT2D eigenvalue weighted by Crippen LogP contribution is -2.15. The highest BCUT2D eigenvalue weighted by Crippen LogP contribution is 2.00. The fraction of sp³-hybridized carbons (Fsp3) is 0.500. The predicted molar refractivity (Wildman–Crippen MR) is 64.2 cm³/mol. The maximum atomic E-state index is 8.17. The summed E-state index contributed by atoms with van der Waals surface area (Å²) in [6.45, 7) is 1.47. The van der Waals surface area contributed by atoms with Gasteiger partial charge in [-0.25, -0.2) is 0 Å². The molecule has 1 aromatic carbocycles. The third-order valence-corrected chi connectivity index (χ3v) is 1.80. The lowest BCUT2D eigenvalue weighted by molar-refractivity contribution is 0.0450. The van der Waals surface area contributed by atoms with Gasteiger partial charge < -0.3 is 20.8 Å². The zero-order valence-corrected chi connectivity index (χ0v) is 9.63. The van der Waals surface area contributed by atoms with Crippen molar-refractivity contribution in [3.05, 3.63) is 35.9 Å². The van der Waals surface area contributed by atoms with E-state index < -0.39 is 6.10 Å². The van der Waals surface area contributed by atoms with E-state index in [-0.39, 0.29) is 18.7 Å². The fourth-order valence-electron chi connectivity index (χ4n) is 0.991. The van der Waals surface area contributed by atoms with Crippen LogP contribution in [0.2, 0.25) is 0 Å². The van der Waals surface area contributed by atoms with Crippen LogP contribution in [0.3, 0.4) is 0 Å². The van der Waals surface area contributed by atoms with Gasteiger partial charge in [0.05, 0.1) is 13.2 Å². The van der Waals surface area contributed by atoms with E-state index in [1.165, 1.54) is 18.4 Å². The van der Waals surface area contributed by atoms with Crippen LogP contribution in [0.25, 0.3) is 0 Å². The van der Waals surface area contributed by atoms with Crippen LogP contribution in [0.4, 0.5) is 0 Å². The molecule has 0 radical (unpaired) electrons. The Bertz CT molecular complexity index is 222. The van der Waals surface area contributed by atoms with Crippen LogP contribution >= 0.6 is 0 Å². The van der Waals surface area contributed by atoms with Crippen LogP contribution in [-0.2, 0) is 6.42 Å². The summed E-state index contributed by atoms with van der Waals surface area (Å²) in [5.41, 5.74) is 1.44. The Hall–Kier alpha value is -0.940. The number of aliphatic hydroxyl groups is 3. The molecule has 5 N–H and O–H groups in total. The molecule has 0 fully saturated rings. The highest BCUT2D eigenvalue weighted by atomic mass is 16.3. The van der Waals surface area contributed by atoms with Crippen LogP contribution in [0.1, 0.15) is 18.9 Å². The Balaban J connectivity index is 0. The molecule has 1 rings (SSSR count). The molecule has 4 heteroatoms. The second-order valence-electron chi connectivity index (χ2n) is 3.25. The van der Waals surface area contributed by atoms with Crippen molar-refractivity contribution < 1.29 is 20.8 Å². The lowest BCUT2D eigenvalue weighted by atomic mass is 10.1. The van der Waals surface area contributed by atoms with Gasteiger partial charge in [-0.2, -0.15) is 0 Å². The SMILES string of the molecule is CCCc1ccccc1.O.OCC(O)CO. The molecule has 16 heavy (non-hydrogen) atoms. The van der Waals surface area contributed by atoms with Gasteiger partial charge in [0, 0.05) is 0 Å². The van der Waals surface area contributed by atoms with Crippen molar-refractivity contribution in [1.82, 2.24) is 0 Å². The Morgan fingerprint density at radius 1 is 1.06 bits per heavy atom. The summed E-state index contributed by atoms with van der Waals surface area (Å²) in [5, 5.41) is 24.0. The molecule has 0 saturated carbocycles. The molecule has 0 saturated heterocycles. The smallest absolute Gasteiger partial charge is 0.100 e. The molecular formula is C12H22O4. The summed E-state index contributed by atoms with van der Waals surface area (Å²) in [6.07, 6.45) is 1.50. The van der Waals surface area contributed by atoms with Crippen LogP contribution in [0.15, 0.2) is 30.3 Å². The number of rotatable bonds is 4. The minimum atomic E-state index is -0.954. The number of aryl methyl sites for hydroxylation is 1. The van der Waals surface area contributed by atoms with Gasteiger partial charge in [0.15, 0.2) is 0 Å². The fourth-order valence-corrected chi connectivity index (χ4v) is 0.991. The third kappa shape index (κ3) is 9.61. The largest absolute Gasteiger partial charge is 0.412 e. The maximum Gasteiger partial charge on any atom is 0.100 e. The van der Waals surface area contributed by atoms with Crippen LogP contribution in [0.5, 0.6) is 0 Å². The van der Waals surface area contributed by atoms with Gasteiger partial charge >= 0.3 is 0 Å². The van der Waals surface area contributed by atoms with Gasteiger partial charge in [0.1, 0.15) is 6.10 Å². The third-order valence-electron chi connectivity index (χ3n) is 1.80. The van der Waals surface area contributed by atoms with Gasteiger partial charge in [-0.15, -0.1) is 0 Å². The first-order valence-electron chi connectivity index (χ1n) is 5.18. The molecule has 0 bridgehead atoms. The minimum absolute atomic E-state index is 0. The normalized spacial score (nSPS) is 9.06. The van der Waals surface area contributed by atoms with Gasteiger partial charge in [-0.05, 0) is 12.0 Å². The van der Waals surface area contributed by atoms with Gasteiger partial charge in [-0.1, -0.05) is 43.7 Å². The monoisotopic (exact) mass is 230 g/mol. The number of hydrogen-bond donors (Lipinski definition) is 3. The van der Waals surface area contributed by atoms with Crippen molar-refractivity contribution in [3.8, 4) is 0 Å². The van der Waals surface area contributed by atoms with E-state index in [4.69, 9.17) is 15.3 Å². The standard InChI is InChI=1S/C9H12.C3H8O3.H2O/c1-2-6-9-7-4-3-5-8-9;4-1-3(6)2-5;/h3-5,7-8H,2,6H2,1H3;3-6H,1-2H2;1H2. The summed E-state index contributed by atoms with van der Waals surface area (Å²) in [7, 11) is 0. The van der Waals surface area contributed by atoms with Crippen molar-refractivity contribution in [2.24, 2.45) is 0 Å². The van der Waals surface area contributed by atoms with Gasteiger partial charge in [-0.3, -0.25) is 0 Å². The minimum Gasteiger partial charge on any atom is -0.412 e. The topological polar surface area (TPSA) is 92.2 Å². The van der Waals surface area contributed by atoms with Crippen LogP contribution in [0, 0.1) is 0 Å². The van der Waals surface area contributed by atoms with E-state index in [2.05, 4.69) is 37.3 Å². The molecule has 0 heterocycles. The zero-order chi connectivity index (χ0) is 11.5. The average Bonchev–Trinajstić information content (AvgIpc) is 2.31. The molecule has 0 atom stereocenters. The van der Waals surface area contributed by atoms with Crippen molar-refractivity contribution in [3.63, 3.8) is 0 Å². The molecule has 0 aliphatic carbocycles. The highest BCUT2D eigenvalue weighted by molar-refractivity contribution is 5.14. The molecule has 94 valence electrons. The van der Waals surface area contributed by atoms with E-state index in [1.807, 2.05) is 0 Å². The Kier molecular flexibility index (Phi) is 13.2. The number of hydrogen-bond acceptors (Lipinski definition) is 3. The summed E-state index contributed by atoms with van der Waals surface area (Å²) in [4.78, 5) is 0. The van der Waals surface area contributed by atoms with E-state index in [1.54, 1.807) is 0 Å². The summed E-state index contributed by atoms with van der Waals surface area (Å²) in [6, 6.07) is 10.6. The van der Waals surface area contributed by atoms with E-state index >= 15 is 0 Å². The van der Waals surface area contributed by atoms with E-state index in [9.17, 15) is 0 Å². The first-order valence-corrected chi connectivity index (χ1v) is 5.18. The summed E-state index contributed by atoms with van der Waals surface area (Å²) in [5.74, 6) is 0. The molecule has 0 amide bonds. The first-order chi connectivity index (χ1) is 7.24.